The lowest BCUT2D eigenvalue weighted by molar-refractivity contribution is 0.0978. The molecule has 1 heterocycles. The largest absolute Gasteiger partial charge is 0.508 e. The Balaban J connectivity index is 2.39. The zero-order valence-electron chi connectivity index (χ0n) is 10.2. The number of nitrogens with one attached hydrogen (secondary N) is 1. The summed E-state index contributed by atoms with van der Waals surface area (Å²) >= 11 is 0. The highest BCUT2D eigenvalue weighted by atomic mass is 16.3. The van der Waals surface area contributed by atoms with Gasteiger partial charge in [0, 0.05) is 12.6 Å². The van der Waals surface area contributed by atoms with Gasteiger partial charge in [0.05, 0.1) is 5.69 Å². The summed E-state index contributed by atoms with van der Waals surface area (Å²) in [7, 11) is 0. The standard InChI is InChI=1S/C12H14N4O2/c1-3-16(12(18)11-13-7-14-15-11)10-6-9(17)5-4-8(10)2/h4-7,17H,3H2,1-2H3,(H,13,14,15). The molecule has 1 amide bonds. The monoisotopic (exact) mass is 246 g/mol. The second kappa shape index (κ2) is 4.87. The van der Waals surface area contributed by atoms with Crippen LogP contribution in [0.1, 0.15) is 23.1 Å². The number of hydrogen-bond donors (Lipinski definition) is 2. The summed E-state index contributed by atoms with van der Waals surface area (Å²) < 4.78 is 0. The van der Waals surface area contributed by atoms with Crippen molar-refractivity contribution < 1.29 is 9.90 Å². The number of phenolic OH excluding ortho intramolecular Hbond substituents is 1. The van der Waals surface area contributed by atoms with Crippen molar-refractivity contribution in [3.8, 4) is 5.75 Å². The molecule has 0 radical (unpaired) electrons. The number of aromatic amines is 1. The third kappa shape index (κ3) is 2.17. The van der Waals surface area contributed by atoms with Gasteiger partial charge in [0.1, 0.15) is 12.1 Å². The molecule has 94 valence electrons. The van der Waals surface area contributed by atoms with Crippen LogP contribution in [-0.2, 0) is 0 Å². The predicted octanol–water partition coefficient (Wildman–Crippen LogP) is 1.49. The Bertz CT molecular complexity index is 551. The zero-order valence-corrected chi connectivity index (χ0v) is 10.2. The van der Waals surface area contributed by atoms with Crippen molar-refractivity contribution in [3.63, 3.8) is 0 Å². The van der Waals surface area contributed by atoms with Crippen LogP contribution in [0.25, 0.3) is 0 Å². The van der Waals surface area contributed by atoms with Crippen LogP contribution >= 0.6 is 0 Å². The first-order valence-corrected chi connectivity index (χ1v) is 5.60. The van der Waals surface area contributed by atoms with Gasteiger partial charge in [0.15, 0.2) is 0 Å². The lowest BCUT2D eigenvalue weighted by Gasteiger charge is -2.21. The Morgan fingerprint density at radius 2 is 2.28 bits per heavy atom. The SMILES string of the molecule is CCN(C(=O)c1ncn[nH]1)c1cc(O)ccc1C. The summed E-state index contributed by atoms with van der Waals surface area (Å²) in [6, 6.07) is 4.92. The van der Waals surface area contributed by atoms with Gasteiger partial charge in [-0.05, 0) is 25.5 Å². The number of aromatic hydroxyl groups is 1. The van der Waals surface area contributed by atoms with Crippen molar-refractivity contribution in [1.82, 2.24) is 15.2 Å². The van der Waals surface area contributed by atoms with Crippen LogP contribution in [0.4, 0.5) is 5.69 Å². The average Bonchev–Trinajstić information content (AvgIpc) is 2.88. The minimum Gasteiger partial charge on any atom is -0.508 e. The summed E-state index contributed by atoms with van der Waals surface area (Å²) in [5, 5.41) is 15.7. The molecule has 0 unspecified atom stereocenters. The van der Waals surface area contributed by atoms with E-state index in [9.17, 15) is 9.90 Å². The van der Waals surface area contributed by atoms with Gasteiger partial charge in [0.25, 0.3) is 5.91 Å². The van der Waals surface area contributed by atoms with E-state index in [1.54, 1.807) is 18.2 Å². The highest BCUT2D eigenvalue weighted by molar-refractivity contribution is 6.03. The molecule has 0 aliphatic carbocycles. The van der Waals surface area contributed by atoms with Gasteiger partial charge >= 0.3 is 0 Å². The van der Waals surface area contributed by atoms with Crippen LogP contribution in [0.15, 0.2) is 24.5 Å². The van der Waals surface area contributed by atoms with E-state index < -0.39 is 0 Å². The van der Waals surface area contributed by atoms with Crippen LogP contribution in [0.5, 0.6) is 5.75 Å². The van der Waals surface area contributed by atoms with Crippen LogP contribution in [-0.4, -0.2) is 32.7 Å². The van der Waals surface area contributed by atoms with Gasteiger partial charge in [0.2, 0.25) is 5.82 Å². The first kappa shape index (κ1) is 12.1. The summed E-state index contributed by atoms with van der Waals surface area (Å²) in [5.41, 5.74) is 1.57. The quantitative estimate of drug-likeness (QED) is 0.859. The number of rotatable bonds is 3. The van der Waals surface area contributed by atoms with Gasteiger partial charge in [-0.2, -0.15) is 5.10 Å². The molecule has 6 nitrogen and oxygen atoms in total. The molecule has 0 aliphatic rings. The highest BCUT2D eigenvalue weighted by Crippen LogP contribution is 2.25. The van der Waals surface area contributed by atoms with Crippen LogP contribution < -0.4 is 4.90 Å². The van der Waals surface area contributed by atoms with E-state index in [2.05, 4.69) is 15.2 Å². The topological polar surface area (TPSA) is 82.1 Å². The number of aryl methyl sites for hydroxylation is 1. The Kier molecular flexibility index (Phi) is 3.27. The maximum atomic E-state index is 12.2. The molecular weight excluding hydrogens is 232 g/mol. The highest BCUT2D eigenvalue weighted by Gasteiger charge is 2.20. The normalized spacial score (nSPS) is 10.3. The molecule has 2 aromatic rings. The number of H-pyrrole nitrogens is 1. The molecule has 0 fully saturated rings. The molecule has 0 bridgehead atoms. The van der Waals surface area contributed by atoms with E-state index in [-0.39, 0.29) is 17.5 Å². The molecule has 2 N–H and O–H groups in total. The minimum absolute atomic E-state index is 0.124. The summed E-state index contributed by atoms with van der Waals surface area (Å²) in [5.74, 6) is 0.0303. The molecule has 0 spiro atoms. The van der Waals surface area contributed by atoms with Crippen molar-refractivity contribution >= 4 is 11.6 Å². The molecule has 18 heavy (non-hydrogen) atoms. The van der Waals surface area contributed by atoms with E-state index in [4.69, 9.17) is 0 Å². The van der Waals surface area contributed by atoms with Gasteiger partial charge in [-0.15, -0.1) is 0 Å². The number of anilines is 1. The number of carbonyl (C=O) groups excluding carboxylic acids is 1. The Hall–Kier alpha value is -2.37. The fourth-order valence-electron chi connectivity index (χ4n) is 1.75. The third-order valence-corrected chi connectivity index (χ3v) is 2.66. The number of aromatic nitrogens is 3. The molecule has 2 rings (SSSR count). The molecule has 0 aliphatic heterocycles. The summed E-state index contributed by atoms with van der Waals surface area (Å²) in [6.45, 7) is 4.21. The maximum absolute atomic E-state index is 12.2. The number of carbonyl (C=O) groups is 1. The second-order valence-electron chi connectivity index (χ2n) is 3.85. The molecule has 1 aromatic carbocycles. The van der Waals surface area contributed by atoms with Crippen molar-refractivity contribution in [2.45, 2.75) is 13.8 Å². The molecule has 0 atom stereocenters. The molecule has 6 heteroatoms. The predicted molar refractivity (Wildman–Crippen MR) is 66.6 cm³/mol. The van der Waals surface area contributed by atoms with E-state index >= 15 is 0 Å². The molecule has 1 aromatic heterocycles. The van der Waals surface area contributed by atoms with Crippen molar-refractivity contribution in [2.75, 3.05) is 11.4 Å². The summed E-state index contributed by atoms with van der Waals surface area (Å²) in [6.07, 6.45) is 1.29. The van der Waals surface area contributed by atoms with E-state index in [1.165, 1.54) is 11.2 Å². The molecule has 0 saturated heterocycles. The third-order valence-electron chi connectivity index (χ3n) is 2.66. The molecular formula is C12H14N4O2. The number of benzene rings is 1. The van der Waals surface area contributed by atoms with Crippen molar-refractivity contribution in [3.05, 3.63) is 35.9 Å². The van der Waals surface area contributed by atoms with Gasteiger partial charge < -0.3 is 10.0 Å². The average molecular weight is 246 g/mol. The number of hydrogen-bond acceptors (Lipinski definition) is 4. The fraction of sp³-hybridized carbons (Fsp3) is 0.250. The molecule has 0 saturated carbocycles. The Morgan fingerprint density at radius 1 is 1.50 bits per heavy atom. The zero-order chi connectivity index (χ0) is 13.1. The number of phenols is 1. The fourth-order valence-corrected chi connectivity index (χ4v) is 1.75. The Morgan fingerprint density at radius 3 is 2.89 bits per heavy atom. The lowest BCUT2D eigenvalue weighted by Crippen LogP contribution is -2.32. The van der Waals surface area contributed by atoms with Gasteiger partial charge in [-0.1, -0.05) is 6.07 Å². The summed E-state index contributed by atoms with van der Waals surface area (Å²) in [4.78, 5) is 17.6. The first-order valence-electron chi connectivity index (χ1n) is 5.60. The first-order chi connectivity index (χ1) is 8.63. The van der Waals surface area contributed by atoms with E-state index in [0.29, 0.717) is 12.2 Å². The van der Waals surface area contributed by atoms with Crippen LogP contribution in [0.3, 0.4) is 0 Å². The van der Waals surface area contributed by atoms with Crippen molar-refractivity contribution in [2.24, 2.45) is 0 Å². The minimum atomic E-state index is -0.274. The van der Waals surface area contributed by atoms with E-state index in [1.807, 2.05) is 13.8 Å². The van der Waals surface area contributed by atoms with Gasteiger partial charge in [-0.3, -0.25) is 9.89 Å². The lowest BCUT2D eigenvalue weighted by atomic mass is 10.1. The maximum Gasteiger partial charge on any atom is 0.295 e. The van der Waals surface area contributed by atoms with Gasteiger partial charge in [-0.25, -0.2) is 4.98 Å². The van der Waals surface area contributed by atoms with Crippen LogP contribution in [0, 0.1) is 6.92 Å². The second-order valence-corrected chi connectivity index (χ2v) is 3.85. The number of amides is 1. The Labute approximate surface area is 104 Å². The van der Waals surface area contributed by atoms with Crippen LogP contribution in [0.2, 0.25) is 0 Å². The van der Waals surface area contributed by atoms with E-state index in [0.717, 1.165) is 5.56 Å². The van der Waals surface area contributed by atoms with Crippen molar-refractivity contribution in [1.29, 1.82) is 0 Å². The number of nitrogens with zero attached hydrogens (tertiary/aromatic N) is 3. The smallest absolute Gasteiger partial charge is 0.295 e.